The third-order valence-corrected chi connectivity index (χ3v) is 3.80. The van der Waals surface area contributed by atoms with E-state index in [1.54, 1.807) is 0 Å². The Kier molecular flexibility index (Phi) is 4.97. The molecule has 1 aliphatic carbocycles. The summed E-state index contributed by atoms with van der Waals surface area (Å²) in [6.07, 6.45) is 7.88. The number of hydrogen-bond donors (Lipinski definition) is 3. The van der Waals surface area contributed by atoms with E-state index >= 15 is 0 Å². The van der Waals surface area contributed by atoms with Gasteiger partial charge in [-0.3, -0.25) is 11.5 Å². The normalized spacial score (nSPS) is 19.1. The molecule has 0 saturated heterocycles. The molecule has 1 saturated carbocycles. The van der Waals surface area contributed by atoms with Crippen LogP contribution in [-0.4, -0.2) is 11.7 Å². The molecule has 5 N–H and O–H groups in total. The maximum atomic E-state index is 5.32. The number of hydrazone groups is 1. The van der Waals surface area contributed by atoms with Crippen molar-refractivity contribution < 1.29 is 5.10 Å². The van der Waals surface area contributed by atoms with Crippen LogP contribution in [0.3, 0.4) is 0 Å². The summed E-state index contributed by atoms with van der Waals surface area (Å²) in [5.41, 5.74) is 12.0. The van der Waals surface area contributed by atoms with Gasteiger partial charge >= 0.3 is 5.96 Å². The maximum Gasteiger partial charge on any atom is 0.362 e. The summed E-state index contributed by atoms with van der Waals surface area (Å²) in [4.78, 5) is 0. The fourth-order valence-corrected chi connectivity index (χ4v) is 2.89. The van der Waals surface area contributed by atoms with Crippen LogP contribution in [0.15, 0.2) is 5.10 Å². The Morgan fingerprint density at radius 1 is 1.24 bits per heavy atom. The summed E-state index contributed by atoms with van der Waals surface area (Å²) in [7, 11) is 0. The van der Waals surface area contributed by atoms with Crippen LogP contribution in [0.2, 0.25) is 0 Å². The zero-order valence-electron chi connectivity index (χ0n) is 11.4. The molecule has 0 spiro atoms. The minimum Gasteiger partial charge on any atom is -0.289 e. The highest BCUT2D eigenvalue weighted by Crippen LogP contribution is 2.40. The van der Waals surface area contributed by atoms with E-state index in [1.165, 1.54) is 32.1 Å². The summed E-state index contributed by atoms with van der Waals surface area (Å²) in [6.45, 7) is 6.72. The monoisotopic (exact) mass is 239 g/mol. The molecule has 0 unspecified atom stereocenters. The van der Waals surface area contributed by atoms with Crippen molar-refractivity contribution >= 4 is 11.7 Å². The topological polar surface area (TPSA) is 78.4 Å². The molecule has 0 radical (unpaired) electrons. The first-order chi connectivity index (χ1) is 7.92. The lowest BCUT2D eigenvalue weighted by Gasteiger charge is -2.37. The second-order valence-corrected chi connectivity index (χ2v) is 5.91. The third kappa shape index (κ3) is 4.75. The number of hydrogen-bond acceptors (Lipinski definition) is 1. The molecule has 1 rings (SSSR count). The summed E-state index contributed by atoms with van der Waals surface area (Å²) in [5, 5.41) is 6.81. The number of nitrogens with one attached hydrogen (secondary N) is 1. The van der Waals surface area contributed by atoms with Crippen molar-refractivity contribution in [2.24, 2.45) is 27.9 Å². The van der Waals surface area contributed by atoms with Crippen LogP contribution in [0.25, 0.3) is 0 Å². The number of nitrogens with zero attached hydrogens (tertiary/aromatic N) is 1. The van der Waals surface area contributed by atoms with Crippen molar-refractivity contribution in [1.82, 2.24) is 0 Å². The highest BCUT2D eigenvalue weighted by Gasteiger charge is 2.31. The first kappa shape index (κ1) is 14.0. The van der Waals surface area contributed by atoms with E-state index in [4.69, 9.17) is 11.5 Å². The van der Waals surface area contributed by atoms with Gasteiger partial charge < -0.3 is 0 Å². The minimum absolute atomic E-state index is 0.153. The first-order valence-electron chi connectivity index (χ1n) is 6.59. The third-order valence-electron chi connectivity index (χ3n) is 3.80. The van der Waals surface area contributed by atoms with E-state index in [0.717, 1.165) is 18.1 Å². The van der Waals surface area contributed by atoms with Crippen molar-refractivity contribution in [3.8, 4) is 0 Å². The van der Waals surface area contributed by atoms with Gasteiger partial charge in [0.25, 0.3) is 0 Å². The zero-order valence-corrected chi connectivity index (χ0v) is 11.4. The molecule has 98 valence electrons. The van der Waals surface area contributed by atoms with E-state index < -0.39 is 0 Å². The standard InChI is InChI=1S/C13H26N4/c1-10(16-17-12(14)15)9-13(2,3)11-7-5-4-6-8-11/h11H,4-9H2,1-3H3,(H4,14,15,17)/p+1/b16-10-. The second-order valence-electron chi connectivity index (χ2n) is 5.91. The summed E-state index contributed by atoms with van der Waals surface area (Å²) in [6, 6.07) is 0. The Morgan fingerprint density at radius 3 is 2.35 bits per heavy atom. The summed E-state index contributed by atoms with van der Waals surface area (Å²) < 4.78 is 0. The molecular weight excluding hydrogens is 212 g/mol. The first-order valence-corrected chi connectivity index (χ1v) is 6.59. The van der Waals surface area contributed by atoms with E-state index in [-0.39, 0.29) is 5.96 Å². The molecule has 0 bridgehead atoms. The molecule has 0 atom stereocenters. The van der Waals surface area contributed by atoms with Crippen LogP contribution in [0, 0.1) is 11.3 Å². The highest BCUT2D eigenvalue weighted by molar-refractivity contribution is 5.82. The molecule has 0 heterocycles. The molecule has 0 aromatic rings. The second kappa shape index (κ2) is 6.03. The van der Waals surface area contributed by atoms with E-state index in [0.29, 0.717) is 5.41 Å². The van der Waals surface area contributed by atoms with Crippen LogP contribution in [0.5, 0.6) is 0 Å². The van der Waals surface area contributed by atoms with Crippen molar-refractivity contribution in [2.75, 3.05) is 0 Å². The van der Waals surface area contributed by atoms with Crippen LogP contribution in [-0.2, 0) is 0 Å². The average molecular weight is 239 g/mol. The molecule has 1 aliphatic rings. The van der Waals surface area contributed by atoms with E-state index in [1.807, 2.05) is 6.92 Å². The van der Waals surface area contributed by atoms with Crippen molar-refractivity contribution in [1.29, 1.82) is 0 Å². The molecular formula is C13H27N4+. The van der Waals surface area contributed by atoms with Gasteiger partial charge in [0.2, 0.25) is 0 Å². The van der Waals surface area contributed by atoms with Crippen LogP contribution in [0.4, 0.5) is 0 Å². The van der Waals surface area contributed by atoms with Crippen molar-refractivity contribution in [3.63, 3.8) is 0 Å². The Bertz CT molecular complexity index is 295. The Labute approximate surface area is 105 Å². The van der Waals surface area contributed by atoms with Crippen molar-refractivity contribution in [3.05, 3.63) is 0 Å². The van der Waals surface area contributed by atoms with Crippen LogP contribution in [0.1, 0.15) is 59.3 Å². The zero-order chi connectivity index (χ0) is 12.9. The van der Waals surface area contributed by atoms with Gasteiger partial charge in [0, 0.05) is 0 Å². The Hall–Kier alpha value is -1.06. The summed E-state index contributed by atoms with van der Waals surface area (Å²) in [5.74, 6) is 0.973. The predicted molar refractivity (Wildman–Crippen MR) is 72.4 cm³/mol. The number of nitrogens with two attached hydrogens (primary N) is 2. The quantitative estimate of drug-likeness (QED) is 0.384. The summed E-state index contributed by atoms with van der Waals surface area (Å²) >= 11 is 0. The Morgan fingerprint density at radius 2 is 1.82 bits per heavy atom. The molecule has 0 amide bonds. The SMILES string of the molecule is C/C(CC(C)(C)C1CCCCC1)=N/[NH+]=C(N)N. The fourth-order valence-electron chi connectivity index (χ4n) is 2.89. The van der Waals surface area contributed by atoms with Gasteiger partial charge in [0.05, 0.1) is 5.71 Å². The fraction of sp³-hybridized carbons (Fsp3) is 0.846. The molecule has 0 aliphatic heterocycles. The highest BCUT2D eigenvalue weighted by atomic mass is 15.3. The minimum atomic E-state index is 0.153. The van der Waals surface area contributed by atoms with E-state index in [9.17, 15) is 0 Å². The lowest BCUT2D eigenvalue weighted by molar-refractivity contribution is -0.464. The largest absolute Gasteiger partial charge is 0.362 e. The average Bonchev–Trinajstić information content (AvgIpc) is 2.27. The molecule has 0 aromatic carbocycles. The van der Waals surface area contributed by atoms with Gasteiger partial charge in [0.15, 0.2) is 0 Å². The van der Waals surface area contributed by atoms with Gasteiger partial charge in [-0.25, -0.2) is 0 Å². The van der Waals surface area contributed by atoms with Gasteiger partial charge in [-0.2, -0.15) is 5.10 Å². The molecule has 17 heavy (non-hydrogen) atoms. The van der Waals surface area contributed by atoms with Gasteiger partial charge in [-0.15, -0.1) is 5.10 Å². The smallest absolute Gasteiger partial charge is 0.289 e. The van der Waals surface area contributed by atoms with E-state index in [2.05, 4.69) is 24.1 Å². The van der Waals surface area contributed by atoms with Gasteiger partial charge in [-0.1, -0.05) is 33.1 Å². The predicted octanol–water partition coefficient (Wildman–Crippen LogP) is 0.713. The lowest BCUT2D eigenvalue weighted by atomic mass is 9.69. The number of guanidine groups is 1. The maximum absolute atomic E-state index is 5.32. The molecule has 4 heteroatoms. The molecule has 4 nitrogen and oxygen atoms in total. The number of rotatable bonds is 4. The van der Waals surface area contributed by atoms with Crippen LogP contribution >= 0.6 is 0 Å². The Balaban J connectivity index is 2.58. The van der Waals surface area contributed by atoms with Gasteiger partial charge in [0.1, 0.15) is 0 Å². The van der Waals surface area contributed by atoms with Crippen LogP contribution < -0.4 is 16.6 Å². The van der Waals surface area contributed by atoms with Gasteiger partial charge in [-0.05, 0) is 37.5 Å². The molecule has 1 fully saturated rings. The lowest BCUT2D eigenvalue weighted by Crippen LogP contribution is -2.72. The van der Waals surface area contributed by atoms with Crippen molar-refractivity contribution in [2.45, 2.75) is 59.3 Å². The molecule has 0 aromatic heterocycles.